The lowest BCUT2D eigenvalue weighted by Crippen LogP contribution is -2.77. The number of rotatable bonds is 0. The summed E-state index contributed by atoms with van der Waals surface area (Å²) >= 11 is 0. The van der Waals surface area contributed by atoms with Gasteiger partial charge in [-0.2, -0.15) is 0 Å². The Morgan fingerprint density at radius 2 is 1.81 bits per heavy atom. The van der Waals surface area contributed by atoms with Crippen LogP contribution in [0.5, 0.6) is 0 Å². The molecule has 27 heavy (non-hydrogen) atoms. The van der Waals surface area contributed by atoms with Crippen molar-refractivity contribution in [3.63, 3.8) is 0 Å². The molecule has 0 aromatic rings. The maximum absolute atomic E-state index is 11.3. The van der Waals surface area contributed by atoms with Gasteiger partial charge in [-0.25, -0.2) is 0 Å². The van der Waals surface area contributed by atoms with Gasteiger partial charge in [0, 0.05) is 10.8 Å². The number of aliphatic hydroxyl groups is 1. The SMILES string of the molecule is C=C1[C@H]2CCC34C(C2)[C@@]25CCC[C@@](C)(CO[C@H]2O)C5C[C@H]3OC(C)(C)O[C@@H]14. The summed E-state index contributed by atoms with van der Waals surface area (Å²) in [5.41, 5.74) is 1.29. The average molecular weight is 375 g/mol. The van der Waals surface area contributed by atoms with Gasteiger partial charge >= 0.3 is 0 Å². The van der Waals surface area contributed by atoms with E-state index in [1.807, 2.05) is 0 Å². The summed E-state index contributed by atoms with van der Waals surface area (Å²) in [5.74, 6) is 0.849. The van der Waals surface area contributed by atoms with Gasteiger partial charge in [0.15, 0.2) is 12.1 Å². The minimum atomic E-state index is -0.639. The molecule has 1 N–H and O–H groups in total. The molecule has 7 fully saturated rings. The summed E-state index contributed by atoms with van der Waals surface area (Å²) in [6, 6.07) is 0. The van der Waals surface area contributed by atoms with Crippen LogP contribution in [0, 0.1) is 34.0 Å². The van der Waals surface area contributed by atoms with E-state index in [9.17, 15) is 5.11 Å². The van der Waals surface area contributed by atoms with E-state index < -0.39 is 12.1 Å². The van der Waals surface area contributed by atoms with E-state index in [1.165, 1.54) is 24.8 Å². The van der Waals surface area contributed by atoms with Gasteiger partial charge in [0.1, 0.15) is 0 Å². The largest absolute Gasteiger partial charge is 0.367 e. The summed E-state index contributed by atoms with van der Waals surface area (Å²) in [6.45, 7) is 11.7. The fraction of sp³-hybridized carbons (Fsp3) is 0.913. The number of hydrogen-bond donors (Lipinski definition) is 1. The van der Waals surface area contributed by atoms with Crippen LogP contribution in [0.3, 0.4) is 0 Å². The lowest BCUT2D eigenvalue weighted by atomic mass is 9.34. The molecule has 4 heteroatoms. The van der Waals surface area contributed by atoms with Crippen LogP contribution in [0.1, 0.15) is 65.7 Å². The van der Waals surface area contributed by atoms with Gasteiger partial charge in [0.05, 0.1) is 18.8 Å². The number of fused-ring (bicyclic) bond motifs is 1. The first kappa shape index (κ1) is 17.4. The third kappa shape index (κ3) is 1.85. The second kappa shape index (κ2) is 5.00. The van der Waals surface area contributed by atoms with E-state index in [0.717, 1.165) is 25.7 Å². The smallest absolute Gasteiger partial charge is 0.163 e. The van der Waals surface area contributed by atoms with E-state index in [-0.39, 0.29) is 28.5 Å². The van der Waals surface area contributed by atoms with Crippen molar-refractivity contribution in [3.05, 3.63) is 12.2 Å². The Morgan fingerprint density at radius 1 is 1.00 bits per heavy atom. The molecule has 5 saturated carbocycles. The Labute approximate surface area is 162 Å². The van der Waals surface area contributed by atoms with Gasteiger partial charge in [-0.05, 0) is 81.1 Å². The van der Waals surface area contributed by atoms with Crippen LogP contribution >= 0.6 is 0 Å². The highest BCUT2D eigenvalue weighted by atomic mass is 16.7. The number of aliphatic hydroxyl groups excluding tert-OH is 1. The first-order valence-electron chi connectivity index (χ1n) is 11.1. The van der Waals surface area contributed by atoms with Crippen molar-refractivity contribution >= 4 is 0 Å². The van der Waals surface area contributed by atoms with Crippen LogP contribution in [0.15, 0.2) is 12.2 Å². The van der Waals surface area contributed by atoms with E-state index in [4.69, 9.17) is 14.2 Å². The zero-order valence-electron chi connectivity index (χ0n) is 17.0. The molecular formula is C23H34O4. The predicted molar refractivity (Wildman–Crippen MR) is 101 cm³/mol. The zero-order chi connectivity index (χ0) is 18.8. The highest BCUT2D eigenvalue weighted by Crippen LogP contribution is 2.76. The van der Waals surface area contributed by atoms with Crippen LogP contribution in [-0.4, -0.2) is 36.0 Å². The van der Waals surface area contributed by atoms with Crippen molar-refractivity contribution in [2.24, 2.45) is 34.0 Å². The summed E-state index contributed by atoms with van der Waals surface area (Å²) in [5, 5.41) is 11.3. The molecule has 150 valence electrons. The molecule has 0 radical (unpaired) electrons. The molecule has 3 unspecified atom stereocenters. The van der Waals surface area contributed by atoms with Gasteiger partial charge in [-0.15, -0.1) is 0 Å². The summed E-state index contributed by atoms with van der Waals surface area (Å²) in [4.78, 5) is 0. The molecule has 0 amide bonds. The lowest BCUT2D eigenvalue weighted by Gasteiger charge is -2.75. The normalized spacial score (nSPS) is 60.5. The maximum Gasteiger partial charge on any atom is 0.163 e. The van der Waals surface area contributed by atoms with Gasteiger partial charge in [-0.1, -0.05) is 19.9 Å². The number of ether oxygens (including phenoxy) is 3. The third-order valence-electron chi connectivity index (χ3n) is 9.85. The molecule has 4 bridgehead atoms. The molecule has 5 aliphatic carbocycles. The molecule has 2 saturated heterocycles. The Balaban J connectivity index is 1.55. The van der Waals surface area contributed by atoms with Gasteiger partial charge in [-0.3, -0.25) is 0 Å². The van der Waals surface area contributed by atoms with Crippen molar-refractivity contribution < 1.29 is 19.3 Å². The Bertz CT molecular complexity index is 702. The second-order valence-electron chi connectivity index (χ2n) is 11.3. The van der Waals surface area contributed by atoms with Crippen LogP contribution in [0.4, 0.5) is 0 Å². The highest BCUT2D eigenvalue weighted by Gasteiger charge is 2.76. The van der Waals surface area contributed by atoms with Crippen molar-refractivity contribution in [3.8, 4) is 0 Å². The Hall–Kier alpha value is -0.420. The van der Waals surface area contributed by atoms with E-state index in [1.54, 1.807) is 0 Å². The second-order valence-corrected chi connectivity index (χ2v) is 11.3. The van der Waals surface area contributed by atoms with Crippen LogP contribution in [-0.2, 0) is 14.2 Å². The third-order valence-corrected chi connectivity index (χ3v) is 9.85. The monoisotopic (exact) mass is 374 g/mol. The Morgan fingerprint density at radius 3 is 2.63 bits per heavy atom. The quantitative estimate of drug-likeness (QED) is 0.651. The van der Waals surface area contributed by atoms with Crippen molar-refractivity contribution in [2.75, 3.05) is 6.61 Å². The van der Waals surface area contributed by atoms with Crippen molar-refractivity contribution in [2.45, 2.75) is 90.0 Å². The number of hydrogen-bond acceptors (Lipinski definition) is 4. The van der Waals surface area contributed by atoms with Crippen molar-refractivity contribution in [1.29, 1.82) is 0 Å². The van der Waals surface area contributed by atoms with E-state index in [0.29, 0.717) is 24.4 Å². The molecular weight excluding hydrogens is 340 g/mol. The standard InChI is InChI=1S/C23H34O4/c1-13-14-6-9-23-16(10-14)22-8-5-7-21(4,12-25-19(22)24)15(22)11-17(23)26-20(2,3)27-18(13)23/h14-19,24H,1,5-12H2,2-4H3/t14-,15?,16?,17+,18-,19+,21-,22-,23?/m0/s1. The molecule has 4 nitrogen and oxygen atoms in total. The molecule has 2 aliphatic heterocycles. The van der Waals surface area contributed by atoms with Gasteiger partial charge in [0.25, 0.3) is 0 Å². The van der Waals surface area contributed by atoms with E-state index >= 15 is 0 Å². The summed E-state index contributed by atoms with van der Waals surface area (Å²) < 4.78 is 19.4. The van der Waals surface area contributed by atoms with Crippen molar-refractivity contribution in [1.82, 2.24) is 0 Å². The molecule has 9 atom stereocenters. The summed E-state index contributed by atoms with van der Waals surface area (Å²) in [7, 11) is 0. The van der Waals surface area contributed by atoms with Gasteiger partial charge < -0.3 is 19.3 Å². The Kier molecular flexibility index (Phi) is 3.23. The zero-order valence-corrected chi connectivity index (χ0v) is 17.0. The first-order chi connectivity index (χ1) is 12.7. The minimum Gasteiger partial charge on any atom is -0.367 e. The molecule has 7 aliphatic rings. The fourth-order valence-corrected chi connectivity index (χ4v) is 8.92. The molecule has 2 heterocycles. The summed E-state index contributed by atoms with van der Waals surface area (Å²) in [6.07, 6.45) is 7.64. The molecule has 1 spiro atoms. The predicted octanol–water partition coefficient (Wildman–Crippen LogP) is 4.02. The molecule has 0 aromatic heterocycles. The van der Waals surface area contributed by atoms with E-state index in [2.05, 4.69) is 27.4 Å². The lowest BCUT2D eigenvalue weighted by molar-refractivity contribution is -0.421. The maximum atomic E-state index is 11.3. The van der Waals surface area contributed by atoms with Gasteiger partial charge in [0.2, 0.25) is 0 Å². The van der Waals surface area contributed by atoms with Crippen LogP contribution in [0.2, 0.25) is 0 Å². The topological polar surface area (TPSA) is 47.9 Å². The molecule has 7 rings (SSSR count). The van der Waals surface area contributed by atoms with Crippen LogP contribution < -0.4 is 0 Å². The minimum absolute atomic E-state index is 0.0300. The molecule has 0 aromatic carbocycles. The first-order valence-corrected chi connectivity index (χ1v) is 11.1. The van der Waals surface area contributed by atoms with Crippen LogP contribution in [0.25, 0.3) is 0 Å². The fourth-order valence-electron chi connectivity index (χ4n) is 8.92. The highest BCUT2D eigenvalue weighted by molar-refractivity contribution is 5.31. The average Bonchev–Trinajstić information content (AvgIpc) is 2.61.